The van der Waals surface area contributed by atoms with E-state index >= 15 is 0 Å². The zero-order chi connectivity index (χ0) is 29.7. The molecule has 1 atom stereocenters. The quantitative estimate of drug-likeness (QED) is 0.216. The monoisotopic (exact) mass is 574 g/mol. The number of alkyl halides is 3. The Kier molecular flexibility index (Phi) is 9.81. The summed E-state index contributed by atoms with van der Waals surface area (Å²) in [5, 5.41) is 4.82. The van der Waals surface area contributed by atoms with Crippen LogP contribution in [0.15, 0.2) is 65.6 Å². The van der Waals surface area contributed by atoms with Gasteiger partial charge in [0.1, 0.15) is 12.4 Å². The van der Waals surface area contributed by atoms with Crippen LogP contribution in [0.25, 0.3) is 11.1 Å². The molecule has 0 aliphatic rings. The lowest BCUT2D eigenvalue weighted by atomic mass is 9.94. The van der Waals surface area contributed by atoms with E-state index in [4.69, 9.17) is 9.47 Å². The Balaban J connectivity index is 1.96. The first-order valence-corrected chi connectivity index (χ1v) is 13.7. The van der Waals surface area contributed by atoms with Crippen molar-refractivity contribution in [3.63, 3.8) is 0 Å². The van der Waals surface area contributed by atoms with Crippen LogP contribution in [-0.2, 0) is 22.3 Å². The lowest BCUT2D eigenvalue weighted by Crippen LogP contribution is -2.31. The minimum atomic E-state index is -4.58. The van der Waals surface area contributed by atoms with Gasteiger partial charge in [-0.25, -0.2) is 0 Å². The predicted octanol–water partition coefficient (Wildman–Crippen LogP) is 7.45. The van der Waals surface area contributed by atoms with Crippen LogP contribution in [-0.4, -0.2) is 29.9 Å². The SMILES string of the molecule is C/C=S(/NC(C)(C)C)c1ccc(C(=O)Nc2ccc(-c3ccccc3C(F)(F)F)c(COC(C)=O)c2)cc1OC. The maximum absolute atomic E-state index is 13.7. The second-order valence-electron chi connectivity index (χ2n) is 9.94. The van der Waals surface area contributed by atoms with E-state index < -0.39 is 34.3 Å². The van der Waals surface area contributed by atoms with Crippen molar-refractivity contribution in [2.24, 2.45) is 0 Å². The molecule has 0 spiro atoms. The molecule has 214 valence electrons. The first-order valence-electron chi connectivity index (χ1n) is 12.5. The summed E-state index contributed by atoms with van der Waals surface area (Å²) in [6.45, 7) is 9.09. The predicted molar refractivity (Wildman–Crippen MR) is 154 cm³/mol. The fourth-order valence-corrected chi connectivity index (χ4v) is 5.68. The molecular weight excluding hydrogens is 541 g/mol. The number of halogens is 3. The van der Waals surface area contributed by atoms with Gasteiger partial charge in [0, 0.05) is 23.7 Å². The van der Waals surface area contributed by atoms with Gasteiger partial charge in [0.05, 0.1) is 17.6 Å². The number of carbonyl (C=O) groups is 2. The molecule has 1 unspecified atom stereocenters. The Bertz CT molecular complexity index is 1430. The van der Waals surface area contributed by atoms with Crippen molar-refractivity contribution >= 4 is 33.6 Å². The van der Waals surface area contributed by atoms with Crippen molar-refractivity contribution in [1.29, 1.82) is 0 Å². The van der Waals surface area contributed by atoms with Gasteiger partial charge in [-0.1, -0.05) is 34.9 Å². The van der Waals surface area contributed by atoms with Crippen molar-refractivity contribution < 1.29 is 32.2 Å². The van der Waals surface area contributed by atoms with Gasteiger partial charge in [-0.3, -0.25) is 14.3 Å². The number of ether oxygens (including phenoxy) is 2. The third-order valence-corrected chi connectivity index (χ3v) is 7.75. The number of hydrogen-bond acceptors (Lipinski definition) is 5. The van der Waals surface area contributed by atoms with E-state index in [0.29, 0.717) is 22.6 Å². The van der Waals surface area contributed by atoms with Crippen molar-refractivity contribution in [3.05, 3.63) is 77.4 Å². The van der Waals surface area contributed by atoms with E-state index in [1.165, 1.54) is 50.4 Å². The van der Waals surface area contributed by atoms with Crippen LogP contribution in [0.5, 0.6) is 5.75 Å². The summed E-state index contributed by atoms with van der Waals surface area (Å²) in [5.41, 5.74) is 0.215. The fraction of sp³-hybridized carbons (Fsp3) is 0.300. The maximum atomic E-state index is 13.7. The number of nitrogens with one attached hydrogen (secondary N) is 2. The van der Waals surface area contributed by atoms with Crippen LogP contribution in [0, 0.1) is 0 Å². The summed E-state index contributed by atoms with van der Waals surface area (Å²) < 4.78 is 55.3. The van der Waals surface area contributed by atoms with E-state index in [1.54, 1.807) is 12.1 Å². The molecule has 2 N–H and O–H groups in total. The van der Waals surface area contributed by atoms with E-state index in [2.05, 4.69) is 30.8 Å². The topological polar surface area (TPSA) is 76.7 Å². The number of benzene rings is 3. The molecular formula is C30H33F3N2O4S. The summed E-state index contributed by atoms with van der Waals surface area (Å²) >= 11 is 0. The van der Waals surface area contributed by atoms with E-state index in [1.807, 2.05) is 18.4 Å². The van der Waals surface area contributed by atoms with Gasteiger partial charge in [-0.05, 0) is 86.2 Å². The molecule has 6 nitrogen and oxygen atoms in total. The summed E-state index contributed by atoms with van der Waals surface area (Å²) in [5.74, 6) is -0.475. The number of hydrogen-bond donors (Lipinski definition) is 2. The molecule has 0 heterocycles. The molecule has 3 rings (SSSR count). The number of methoxy groups -OCH3 is 1. The summed E-state index contributed by atoms with van der Waals surface area (Å²) in [6.07, 6.45) is -4.58. The minimum absolute atomic E-state index is 0.0534. The highest BCUT2D eigenvalue weighted by molar-refractivity contribution is 8.13. The Morgan fingerprint density at radius 3 is 2.27 bits per heavy atom. The van der Waals surface area contributed by atoms with Crippen LogP contribution in [0.3, 0.4) is 0 Å². The highest BCUT2D eigenvalue weighted by Gasteiger charge is 2.33. The first-order chi connectivity index (χ1) is 18.7. The first kappa shape index (κ1) is 30.9. The lowest BCUT2D eigenvalue weighted by Gasteiger charge is -2.25. The van der Waals surface area contributed by atoms with Crippen LogP contribution in [0.1, 0.15) is 56.1 Å². The second-order valence-corrected chi connectivity index (χ2v) is 11.7. The molecule has 0 saturated heterocycles. The summed E-state index contributed by atoms with van der Waals surface area (Å²) in [4.78, 5) is 25.5. The molecule has 0 radical (unpaired) electrons. The van der Waals surface area contributed by atoms with Gasteiger partial charge in [-0.15, -0.1) is 0 Å². The fourth-order valence-electron chi connectivity index (χ4n) is 3.96. The molecule has 0 aliphatic carbocycles. The Hall–Kier alpha value is -3.63. The average molecular weight is 575 g/mol. The van der Waals surface area contributed by atoms with Gasteiger partial charge in [0.15, 0.2) is 0 Å². The summed E-state index contributed by atoms with van der Waals surface area (Å²) in [7, 11) is 1.11. The third-order valence-electron chi connectivity index (χ3n) is 5.63. The van der Waals surface area contributed by atoms with Crippen LogP contribution in [0.2, 0.25) is 0 Å². The standard InChI is InChI=1S/C30H33F3N2O4S/c1-7-40(35-29(3,4)5)27-15-12-20(17-26(27)38-6)28(37)34-22-13-14-23(21(16-22)18-39-19(2)36)24-10-8-9-11-25(24)30(31,32)33/h7-17,35H,18H2,1-6H3,(H,34,37). The van der Waals surface area contributed by atoms with Crippen LogP contribution < -0.4 is 14.8 Å². The normalized spacial score (nSPS) is 12.6. The smallest absolute Gasteiger partial charge is 0.417 e. The molecule has 3 aromatic rings. The lowest BCUT2D eigenvalue weighted by molar-refractivity contribution is -0.142. The molecule has 0 fully saturated rings. The van der Waals surface area contributed by atoms with E-state index in [0.717, 1.165) is 11.0 Å². The Labute approximate surface area is 235 Å². The third kappa shape index (κ3) is 7.95. The zero-order valence-corrected chi connectivity index (χ0v) is 24.0. The van der Waals surface area contributed by atoms with Crippen LogP contribution >= 0.6 is 10.7 Å². The van der Waals surface area contributed by atoms with E-state index in [-0.39, 0.29) is 23.3 Å². The number of esters is 1. The molecule has 0 aromatic heterocycles. The second kappa shape index (κ2) is 12.7. The van der Waals surface area contributed by atoms with Crippen molar-refractivity contribution in [2.75, 3.05) is 12.4 Å². The number of carbonyl (C=O) groups excluding carboxylic acids is 2. The average Bonchev–Trinajstić information content (AvgIpc) is 2.89. The molecule has 0 saturated carbocycles. The summed E-state index contributed by atoms with van der Waals surface area (Å²) in [6, 6.07) is 14.8. The molecule has 40 heavy (non-hydrogen) atoms. The Morgan fingerprint density at radius 2 is 1.68 bits per heavy atom. The van der Waals surface area contributed by atoms with Crippen LogP contribution in [0.4, 0.5) is 18.9 Å². The number of rotatable bonds is 8. The molecule has 0 bridgehead atoms. The largest absolute Gasteiger partial charge is 0.496 e. The maximum Gasteiger partial charge on any atom is 0.417 e. The van der Waals surface area contributed by atoms with Gasteiger partial charge in [0.2, 0.25) is 0 Å². The molecule has 3 aromatic carbocycles. The zero-order valence-electron chi connectivity index (χ0n) is 23.2. The molecule has 1 amide bonds. The van der Waals surface area contributed by atoms with Crippen molar-refractivity contribution in [2.45, 2.75) is 57.8 Å². The minimum Gasteiger partial charge on any atom is -0.496 e. The van der Waals surface area contributed by atoms with Crippen molar-refractivity contribution in [1.82, 2.24) is 4.72 Å². The number of anilines is 1. The highest BCUT2D eigenvalue weighted by atomic mass is 32.2. The van der Waals surface area contributed by atoms with Gasteiger partial charge in [0.25, 0.3) is 5.91 Å². The molecule has 10 heteroatoms. The van der Waals surface area contributed by atoms with E-state index in [9.17, 15) is 22.8 Å². The van der Waals surface area contributed by atoms with Gasteiger partial charge in [-0.2, -0.15) is 13.2 Å². The van der Waals surface area contributed by atoms with Gasteiger partial charge >= 0.3 is 12.1 Å². The Morgan fingerprint density at radius 1 is 0.975 bits per heavy atom. The van der Waals surface area contributed by atoms with Gasteiger partial charge < -0.3 is 14.8 Å². The molecule has 0 aliphatic heterocycles. The van der Waals surface area contributed by atoms with Crippen molar-refractivity contribution in [3.8, 4) is 16.9 Å². The number of amides is 1. The highest BCUT2D eigenvalue weighted by Crippen LogP contribution is 2.39.